The zero-order valence-electron chi connectivity index (χ0n) is 16.3. The van der Waals surface area contributed by atoms with E-state index in [4.69, 9.17) is 4.74 Å². The van der Waals surface area contributed by atoms with E-state index >= 15 is 0 Å². The summed E-state index contributed by atoms with van der Waals surface area (Å²) in [7, 11) is 0. The van der Waals surface area contributed by atoms with Gasteiger partial charge in [0.05, 0.1) is 12.7 Å². The number of carbonyl (C=O) groups is 2. The normalized spacial score (nSPS) is 16.9. The molecule has 1 aliphatic heterocycles. The van der Waals surface area contributed by atoms with Crippen molar-refractivity contribution in [3.63, 3.8) is 0 Å². The molecule has 1 atom stereocenters. The maximum Gasteiger partial charge on any atom is 0.313 e. The fraction of sp³-hybridized carbons (Fsp3) is 0.364. The number of morpholine rings is 1. The standard InChI is InChI=1S/C22H26FN3O3/c23-18-8-10-19(11-9-18)25-22(28)21(27)24-12-4-5-13-26-14-15-29-20(16-26)17-6-2-1-3-7-17/h1-3,6-11,20H,4-5,12-16H2,(H,24,27)(H,25,28). The second kappa shape index (κ2) is 10.7. The number of unbranched alkanes of at least 4 members (excludes halogenated alkanes) is 1. The Bertz CT molecular complexity index is 799. The molecule has 6 nitrogen and oxygen atoms in total. The van der Waals surface area contributed by atoms with Gasteiger partial charge in [0.25, 0.3) is 0 Å². The highest BCUT2D eigenvalue weighted by atomic mass is 19.1. The number of rotatable bonds is 7. The molecule has 1 heterocycles. The van der Waals surface area contributed by atoms with Gasteiger partial charge in [0.2, 0.25) is 0 Å². The highest BCUT2D eigenvalue weighted by molar-refractivity contribution is 6.39. The first-order valence-corrected chi connectivity index (χ1v) is 9.85. The molecule has 0 saturated carbocycles. The molecule has 0 aliphatic carbocycles. The molecule has 29 heavy (non-hydrogen) atoms. The molecule has 0 aromatic heterocycles. The molecule has 154 valence electrons. The largest absolute Gasteiger partial charge is 0.371 e. The third-order valence-electron chi connectivity index (χ3n) is 4.82. The molecule has 1 unspecified atom stereocenters. The average molecular weight is 399 g/mol. The van der Waals surface area contributed by atoms with E-state index in [9.17, 15) is 14.0 Å². The number of halogens is 1. The number of nitrogens with one attached hydrogen (secondary N) is 2. The van der Waals surface area contributed by atoms with E-state index in [1.54, 1.807) is 0 Å². The molecule has 2 amide bonds. The molecule has 2 aromatic rings. The Labute approximate surface area is 170 Å². The van der Waals surface area contributed by atoms with E-state index in [0.717, 1.165) is 32.5 Å². The van der Waals surface area contributed by atoms with Crippen molar-refractivity contribution in [2.45, 2.75) is 18.9 Å². The van der Waals surface area contributed by atoms with Gasteiger partial charge >= 0.3 is 11.8 Å². The van der Waals surface area contributed by atoms with E-state index in [1.807, 2.05) is 18.2 Å². The molecular formula is C22H26FN3O3. The van der Waals surface area contributed by atoms with Gasteiger partial charge in [-0.15, -0.1) is 0 Å². The number of hydrogen-bond acceptors (Lipinski definition) is 4. The van der Waals surface area contributed by atoms with Gasteiger partial charge in [0, 0.05) is 25.3 Å². The lowest BCUT2D eigenvalue weighted by atomic mass is 10.1. The number of amides is 2. The molecular weight excluding hydrogens is 373 g/mol. The van der Waals surface area contributed by atoms with Crippen molar-refractivity contribution in [3.05, 3.63) is 66.0 Å². The quantitative estimate of drug-likeness (QED) is 0.555. The van der Waals surface area contributed by atoms with Crippen LogP contribution >= 0.6 is 0 Å². The van der Waals surface area contributed by atoms with Crippen molar-refractivity contribution in [2.24, 2.45) is 0 Å². The number of ether oxygens (including phenoxy) is 1. The minimum absolute atomic E-state index is 0.0970. The lowest BCUT2D eigenvalue weighted by Crippen LogP contribution is -2.39. The van der Waals surface area contributed by atoms with E-state index in [1.165, 1.54) is 29.8 Å². The van der Waals surface area contributed by atoms with Gasteiger partial charge in [-0.05, 0) is 49.2 Å². The zero-order chi connectivity index (χ0) is 20.5. The molecule has 3 rings (SSSR count). The second-order valence-corrected chi connectivity index (χ2v) is 6.99. The summed E-state index contributed by atoms with van der Waals surface area (Å²) in [5.74, 6) is -1.84. The smallest absolute Gasteiger partial charge is 0.313 e. The lowest BCUT2D eigenvalue weighted by molar-refractivity contribution is -0.136. The molecule has 1 aliphatic rings. The van der Waals surface area contributed by atoms with Crippen LogP contribution in [0.1, 0.15) is 24.5 Å². The second-order valence-electron chi connectivity index (χ2n) is 6.99. The molecule has 1 saturated heterocycles. The van der Waals surface area contributed by atoms with Crippen molar-refractivity contribution in [1.82, 2.24) is 10.2 Å². The van der Waals surface area contributed by atoms with Gasteiger partial charge in [-0.25, -0.2) is 4.39 Å². The predicted molar refractivity (Wildman–Crippen MR) is 109 cm³/mol. The molecule has 2 aromatic carbocycles. The maximum atomic E-state index is 12.9. The third-order valence-corrected chi connectivity index (χ3v) is 4.82. The molecule has 1 fully saturated rings. The minimum atomic E-state index is -0.754. The number of hydrogen-bond donors (Lipinski definition) is 2. The zero-order valence-corrected chi connectivity index (χ0v) is 16.3. The van der Waals surface area contributed by atoms with Crippen molar-refractivity contribution in [3.8, 4) is 0 Å². The van der Waals surface area contributed by atoms with Gasteiger partial charge in [0.15, 0.2) is 0 Å². The third kappa shape index (κ3) is 6.66. The topological polar surface area (TPSA) is 70.7 Å². The Morgan fingerprint density at radius 2 is 1.79 bits per heavy atom. The number of carbonyl (C=O) groups excluding carboxylic acids is 2. The van der Waals surface area contributed by atoms with Crippen LogP contribution in [0.5, 0.6) is 0 Å². The molecule has 0 bridgehead atoms. The Hall–Kier alpha value is -2.77. The van der Waals surface area contributed by atoms with Crippen molar-refractivity contribution >= 4 is 17.5 Å². The van der Waals surface area contributed by atoms with Gasteiger partial charge in [-0.3, -0.25) is 14.5 Å². The fourth-order valence-electron chi connectivity index (χ4n) is 3.24. The van der Waals surface area contributed by atoms with Crippen molar-refractivity contribution in [1.29, 1.82) is 0 Å². The first-order valence-electron chi connectivity index (χ1n) is 9.85. The SMILES string of the molecule is O=C(NCCCCN1CCOC(c2ccccc2)C1)C(=O)Nc1ccc(F)cc1. The van der Waals surface area contributed by atoms with Crippen LogP contribution in [-0.2, 0) is 14.3 Å². The monoisotopic (exact) mass is 399 g/mol. The summed E-state index contributed by atoms with van der Waals surface area (Å²) in [6, 6.07) is 15.5. The van der Waals surface area contributed by atoms with E-state index < -0.39 is 17.6 Å². The van der Waals surface area contributed by atoms with Crippen LogP contribution in [-0.4, -0.2) is 49.5 Å². The minimum Gasteiger partial charge on any atom is -0.371 e. The van der Waals surface area contributed by atoms with Gasteiger partial charge < -0.3 is 15.4 Å². The van der Waals surface area contributed by atoms with Crippen LogP contribution in [0.3, 0.4) is 0 Å². The van der Waals surface area contributed by atoms with Crippen LogP contribution in [0.25, 0.3) is 0 Å². The lowest BCUT2D eigenvalue weighted by Gasteiger charge is -2.33. The summed E-state index contributed by atoms with van der Waals surface area (Å²) in [6.45, 7) is 3.82. The van der Waals surface area contributed by atoms with E-state index in [-0.39, 0.29) is 6.10 Å². The molecule has 2 N–H and O–H groups in total. The summed E-state index contributed by atoms with van der Waals surface area (Å²) in [5, 5.41) is 5.06. The highest BCUT2D eigenvalue weighted by Gasteiger charge is 2.21. The predicted octanol–water partition coefficient (Wildman–Crippen LogP) is 2.73. The summed E-state index contributed by atoms with van der Waals surface area (Å²) < 4.78 is 18.7. The summed E-state index contributed by atoms with van der Waals surface area (Å²) in [5.41, 5.74) is 1.57. The van der Waals surface area contributed by atoms with Crippen LogP contribution in [0.15, 0.2) is 54.6 Å². The van der Waals surface area contributed by atoms with E-state index in [0.29, 0.717) is 18.8 Å². The molecule has 0 radical (unpaired) electrons. The highest BCUT2D eigenvalue weighted by Crippen LogP contribution is 2.21. The summed E-state index contributed by atoms with van der Waals surface area (Å²) in [6.07, 6.45) is 1.80. The Kier molecular flexibility index (Phi) is 7.72. The number of benzene rings is 2. The summed E-state index contributed by atoms with van der Waals surface area (Å²) >= 11 is 0. The first kappa shape index (κ1) is 21.0. The Morgan fingerprint density at radius 1 is 1.03 bits per heavy atom. The van der Waals surface area contributed by atoms with Crippen molar-refractivity contribution in [2.75, 3.05) is 38.1 Å². The summed E-state index contributed by atoms with van der Waals surface area (Å²) in [4.78, 5) is 26.1. The van der Waals surface area contributed by atoms with Crippen LogP contribution in [0.2, 0.25) is 0 Å². The number of anilines is 1. The molecule has 7 heteroatoms. The van der Waals surface area contributed by atoms with E-state index in [2.05, 4.69) is 27.7 Å². The van der Waals surface area contributed by atoms with Crippen LogP contribution in [0, 0.1) is 5.82 Å². The molecule has 0 spiro atoms. The van der Waals surface area contributed by atoms with Gasteiger partial charge in [-0.2, -0.15) is 0 Å². The maximum absolute atomic E-state index is 12.9. The van der Waals surface area contributed by atoms with Gasteiger partial charge in [0.1, 0.15) is 5.82 Å². The average Bonchev–Trinajstić information content (AvgIpc) is 2.76. The number of nitrogens with zero attached hydrogens (tertiary/aromatic N) is 1. The Morgan fingerprint density at radius 3 is 2.55 bits per heavy atom. The Balaban J connectivity index is 1.31. The first-order chi connectivity index (χ1) is 14.1. The fourth-order valence-corrected chi connectivity index (χ4v) is 3.24. The van der Waals surface area contributed by atoms with Crippen LogP contribution < -0.4 is 10.6 Å². The van der Waals surface area contributed by atoms with Gasteiger partial charge in [-0.1, -0.05) is 30.3 Å². The van der Waals surface area contributed by atoms with Crippen LogP contribution in [0.4, 0.5) is 10.1 Å². The van der Waals surface area contributed by atoms with Crippen molar-refractivity contribution < 1.29 is 18.7 Å².